The van der Waals surface area contributed by atoms with E-state index in [1.54, 1.807) is 7.05 Å². The Morgan fingerprint density at radius 3 is 2.79 bits per heavy atom. The second-order valence-corrected chi connectivity index (χ2v) is 4.87. The van der Waals surface area contributed by atoms with E-state index in [1.165, 1.54) is 9.80 Å². The van der Waals surface area contributed by atoms with E-state index in [4.69, 9.17) is 5.11 Å². The van der Waals surface area contributed by atoms with Crippen LogP contribution in [0.3, 0.4) is 0 Å². The first-order chi connectivity index (χ1) is 9.00. The fraction of sp³-hybridized carbons (Fsp3) is 0.429. The SMILES string of the molecule is Cc1cccc(N(C)C(=O)N2CCCC2C(=O)O)c1. The number of hydrogen-bond donors (Lipinski definition) is 1. The van der Waals surface area contributed by atoms with Crippen LogP contribution in [-0.2, 0) is 4.79 Å². The number of carbonyl (C=O) groups is 2. The van der Waals surface area contributed by atoms with Gasteiger partial charge >= 0.3 is 12.0 Å². The number of likely N-dealkylation sites (tertiary alicyclic amines) is 1. The third kappa shape index (κ3) is 2.70. The second-order valence-electron chi connectivity index (χ2n) is 4.87. The lowest BCUT2D eigenvalue weighted by atomic mass is 10.2. The molecule has 1 N–H and O–H groups in total. The van der Waals surface area contributed by atoms with Gasteiger partial charge in [-0.05, 0) is 37.5 Å². The van der Waals surface area contributed by atoms with E-state index in [-0.39, 0.29) is 6.03 Å². The van der Waals surface area contributed by atoms with Crippen molar-refractivity contribution in [3.05, 3.63) is 29.8 Å². The number of anilines is 1. The van der Waals surface area contributed by atoms with Gasteiger partial charge in [-0.3, -0.25) is 4.90 Å². The molecule has 1 fully saturated rings. The minimum Gasteiger partial charge on any atom is -0.480 e. The Bertz CT molecular complexity index is 501. The molecule has 0 saturated carbocycles. The summed E-state index contributed by atoms with van der Waals surface area (Å²) in [6.45, 7) is 2.46. The summed E-state index contributed by atoms with van der Waals surface area (Å²) in [5, 5.41) is 9.12. The van der Waals surface area contributed by atoms with Gasteiger partial charge in [0.1, 0.15) is 6.04 Å². The van der Waals surface area contributed by atoms with E-state index >= 15 is 0 Å². The molecule has 19 heavy (non-hydrogen) atoms. The van der Waals surface area contributed by atoms with Gasteiger partial charge in [0, 0.05) is 19.3 Å². The first-order valence-electron chi connectivity index (χ1n) is 6.34. The van der Waals surface area contributed by atoms with Crippen molar-refractivity contribution < 1.29 is 14.7 Å². The van der Waals surface area contributed by atoms with Crippen molar-refractivity contribution in [3.63, 3.8) is 0 Å². The number of benzene rings is 1. The molecule has 1 heterocycles. The quantitative estimate of drug-likeness (QED) is 0.887. The number of hydrogen-bond acceptors (Lipinski definition) is 2. The van der Waals surface area contributed by atoms with E-state index < -0.39 is 12.0 Å². The highest BCUT2D eigenvalue weighted by atomic mass is 16.4. The van der Waals surface area contributed by atoms with Crippen LogP contribution in [0, 0.1) is 6.92 Å². The molecule has 2 rings (SSSR count). The number of rotatable bonds is 2. The number of aliphatic carboxylic acids is 1. The Balaban J connectivity index is 2.17. The Labute approximate surface area is 112 Å². The summed E-state index contributed by atoms with van der Waals surface area (Å²) in [6.07, 6.45) is 1.27. The molecule has 102 valence electrons. The van der Waals surface area contributed by atoms with Crippen LogP contribution in [0.1, 0.15) is 18.4 Å². The van der Waals surface area contributed by atoms with E-state index in [1.807, 2.05) is 31.2 Å². The molecule has 0 spiro atoms. The van der Waals surface area contributed by atoms with Crippen LogP contribution < -0.4 is 4.90 Å². The van der Waals surface area contributed by atoms with Crippen molar-refractivity contribution in [2.24, 2.45) is 0 Å². The smallest absolute Gasteiger partial charge is 0.326 e. The summed E-state index contributed by atoms with van der Waals surface area (Å²) in [5.74, 6) is -0.927. The van der Waals surface area contributed by atoms with Crippen LogP contribution in [0.2, 0.25) is 0 Å². The maximum Gasteiger partial charge on any atom is 0.326 e. The lowest BCUT2D eigenvalue weighted by Crippen LogP contribution is -2.46. The zero-order valence-electron chi connectivity index (χ0n) is 11.2. The first kappa shape index (κ1) is 13.4. The molecular formula is C14H18N2O3. The van der Waals surface area contributed by atoms with Crippen LogP contribution >= 0.6 is 0 Å². The standard InChI is InChI=1S/C14H18N2O3/c1-10-5-3-6-11(9-10)15(2)14(19)16-8-4-7-12(16)13(17)18/h3,5-6,9,12H,4,7-8H2,1-2H3,(H,17,18). The van der Waals surface area contributed by atoms with Crippen LogP contribution in [0.25, 0.3) is 0 Å². The lowest BCUT2D eigenvalue weighted by Gasteiger charge is -2.27. The number of amides is 2. The lowest BCUT2D eigenvalue weighted by molar-refractivity contribution is -0.141. The van der Waals surface area contributed by atoms with Crippen LogP contribution in [0.4, 0.5) is 10.5 Å². The number of carboxylic acids is 1. The van der Waals surface area contributed by atoms with Gasteiger partial charge in [0.15, 0.2) is 0 Å². The maximum atomic E-state index is 12.4. The molecule has 1 atom stereocenters. The molecule has 5 nitrogen and oxygen atoms in total. The van der Waals surface area contributed by atoms with Gasteiger partial charge in [-0.2, -0.15) is 0 Å². The third-order valence-corrected chi connectivity index (χ3v) is 3.46. The van der Waals surface area contributed by atoms with Crippen LogP contribution in [0.15, 0.2) is 24.3 Å². The number of carbonyl (C=O) groups excluding carboxylic acids is 1. The summed E-state index contributed by atoms with van der Waals surface area (Å²) in [5.41, 5.74) is 1.84. The van der Waals surface area contributed by atoms with Gasteiger partial charge in [0.05, 0.1) is 0 Å². The van der Waals surface area contributed by atoms with E-state index in [0.29, 0.717) is 13.0 Å². The molecule has 1 saturated heterocycles. The van der Waals surface area contributed by atoms with Gasteiger partial charge in [-0.15, -0.1) is 0 Å². The van der Waals surface area contributed by atoms with Crippen molar-refractivity contribution in [2.45, 2.75) is 25.8 Å². The van der Waals surface area contributed by atoms with E-state index in [0.717, 1.165) is 17.7 Å². The summed E-state index contributed by atoms with van der Waals surface area (Å²) in [4.78, 5) is 26.4. The summed E-state index contributed by atoms with van der Waals surface area (Å²) in [7, 11) is 1.67. The number of nitrogens with zero attached hydrogens (tertiary/aromatic N) is 2. The topological polar surface area (TPSA) is 60.9 Å². The fourth-order valence-electron chi connectivity index (χ4n) is 2.39. The number of carboxylic acid groups (broad SMARTS) is 1. The summed E-state index contributed by atoms with van der Waals surface area (Å²) < 4.78 is 0. The van der Waals surface area contributed by atoms with E-state index in [9.17, 15) is 9.59 Å². The highest BCUT2D eigenvalue weighted by Gasteiger charge is 2.35. The normalized spacial score (nSPS) is 18.4. The average molecular weight is 262 g/mol. The molecule has 1 aromatic carbocycles. The second kappa shape index (κ2) is 5.30. The number of aryl methyl sites for hydroxylation is 1. The number of urea groups is 1. The molecule has 1 aromatic rings. The van der Waals surface area contributed by atoms with Gasteiger partial charge < -0.3 is 10.0 Å². The molecule has 0 aromatic heterocycles. The highest BCUT2D eigenvalue weighted by molar-refractivity contribution is 5.94. The predicted molar refractivity (Wildman–Crippen MR) is 72.3 cm³/mol. The van der Waals surface area contributed by atoms with Gasteiger partial charge in [-0.25, -0.2) is 9.59 Å². The van der Waals surface area contributed by atoms with Crippen LogP contribution in [0.5, 0.6) is 0 Å². The van der Waals surface area contributed by atoms with Crippen molar-refractivity contribution in [1.82, 2.24) is 4.90 Å². The Morgan fingerprint density at radius 1 is 1.42 bits per heavy atom. The molecule has 0 bridgehead atoms. The molecule has 1 aliphatic rings. The van der Waals surface area contributed by atoms with Crippen molar-refractivity contribution in [2.75, 3.05) is 18.5 Å². The van der Waals surface area contributed by atoms with Crippen molar-refractivity contribution >= 4 is 17.7 Å². The Hall–Kier alpha value is -2.04. The minimum absolute atomic E-state index is 0.254. The van der Waals surface area contributed by atoms with Crippen molar-refractivity contribution in [3.8, 4) is 0 Å². The van der Waals surface area contributed by atoms with Gasteiger partial charge in [0.2, 0.25) is 0 Å². The molecule has 5 heteroatoms. The monoisotopic (exact) mass is 262 g/mol. The fourth-order valence-corrected chi connectivity index (χ4v) is 2.39. The molecule has 0 aliphatic carbocycles. The molecule has 0 radical (unpaired) electrons. The zero-order valence-corrected chi connectivity index (χ0v) is 11.2. The molecule has 1 aliphatic heterocycles. The molecule has 2 amide bonds. The molecular weight excluding hydrogens is 244 g/mol. The largest absolute Gasteiger partial charge is 0.480 e. The summed E-state index contributed by atoms with van der Waals surface area (Å²) in [6, 6.07) is 6.64. The minimum atomic E-state index is -0.927. The van der Waals surface area contributed by atoms with Gasteiger partial charge in [-0.1, -0.05) is 12.1 Å². The first-order valence-corrected chi connectivity index (χ1v) is 6.34. The highest BCUT2D eigenvalue weighted by Crippen LogP contribution is 2.22. The zero-order chi connectivity index (χ0) is 14.0. The van der Waals surface area contributed by atoms with E-state index in [2.05, 4.69) is 0 Å². The summed E-state index contributed by atoms with van der Waals surface area (Å²) >= 11 is 0. The maximum absolute atomic E-state index is 12.4. The Morgan fingerprint density at radius 2 is 2.16 bits per heavy atom. The Kier molecular flexibility index (Phi) is 3.74. The predicted octanol–water partition coefficient (Wildman–Crippen LogP) is 2.10. The van der Waals surface area contributed by atoms with Gasteiger partial charge in [0.25, 0.3) is 0 Å². The molecule has 1 unspecified atom stereocenters. The van der Waals surface area contributed by atoms with Crippen molar-refractivity contribution in [1.29, 1.82) is 0 Å². The third-order valence-electron chi connectivity index (χ3n) is 3.46. The van der Waals surface area contributed by atoms with Crippen LogP contribution in [-0.4, -0.2) is 41.6 Å². The average Bonchev–Trinajstić information content (AvgIpc) is 2.86.